The van der Waals surface area contributed by atoms with Gasteiger partial charge in [0.25, 0.3) is 11.8 Å². The van der Waals surface area contributed by atoms with Crippen molar-refractivity contribution < 1.29 is 19.2 Å². The van der Waals surface area contributed by atoms with E-state index in [4.69, 9.17) is 0 Å². The van der Waals surface area contributed by atoms with Crippen LogP contribution in [-0.4, -0.2) is 35.3 Å². The van der Waals surface area contributed by atoms with E-state index in [1.54, 1.807) is 55.5 Å². The minimum Gasteiger partial charge on any atom is -0.352 e. The van der Waals surface area contributed by atoms with Gasteiger partial charge in [-0.05, 0) is 31.5 Å². The van der Waals surface area contributed by atoms with Crippen LogP contribution in [0.3, 0.4) is 0 Å². The molecule has 150 valence electrons. The molecule has 1 fully saturated rings. The number of nitrogens with one attached hydrogen (secondary N) is 3. The first-order valence-corrected chi connectivity index (χ1v) is 9.18. The molecule has 2 aromatic rings. The number of nitrogens with zero attached hydrogens (tertiary/aromatic N) is 1. The third-order valence-electron chi connectivity index (χ3n) is 4.70. The van der Waals surface area contributed by atoms with E-state index in [0.29, 0.717) is 16.1 Å². The maximum absolute atomic E-state index is 12.7. The van der Waals surface area contributed by atoms with Crippen LogP contribution in [0, 0.1) is 6.92 Å². The lowest BCUT2D eigenvalue weighted by atomic mass is 9.92. The van der Waals surface area contributed by atoms with Gasteiger partial charge in [-0.15, -0.1) is 0 Å². The second-order valence-corrected chi connectivity index (χ2v) is 6.97. The molecule has 1 aliphatic heterocycles. The van der Waals surface area contributed by atoms with Crippen LogP contribution in [0.1, 0.15) is 34.8 Å². The maximum atomic E-state index is 12.7. The Morgan fingerprint density at radius 1 is 1.07 bits per heavy atom. The molecule has 1 heterocycles. The summed E-state index contributed by atoms with van der Waals surface area (Å²) in [6.45, 7) is 3.53. The lowest BCUT2D eigenvalue weighted by Gasteiger charge is -2.22. The fourth-order valence-electron chi connectivity index (χ4n) is 3.07. The minimum absolute atomic E-state index is 0.0677. The number of urea groups is 1. The van der Waals surface area contributed by atoms with E-state index >= 15 is 0 Å². The Kier molecular flexibility index (Phi) is 5.63. The summed E-state index contributed by atoms with van der Waals surface area (Å²) in [5.41, 5.74) is 3.11. The number of rotatable bonds is 6. The largest absolute Gasteiger partial charge is 0.352 e. The van der Waals surface area contributed by atoms with E-state index in [-0.39, 0.29) is 18.9 Å². The summed E-state index contributed by atoms with van der Waals surface area (Å²) in [4.78, 5) is 49.2. The maximum Gasteiger partial charge on any atom is 0.344 e. The Hall–Kier alpha value is -3.68. The van der Waals surface area contributed by atoms with Crippen LogP contribution < -0.4 is 16.1 Å². The van der Waals surface area contributed by atoms with Crippen molar-refractivity contribution >= 4 is 23.8 Å². The monoisotopic (exact) mass is 394 g/mol. The molecule has 0 aromatic heterocycles. The average Bonchev–Trinajstić information content (AvgIpc) is 2.92. The van der Waals surface area contributed by atoms with Crippen molar-refractivity contribution in [2.45, 2.75) is 25.8 Å². The van der Waals surface area contributed by atoms with Gasteiger partial charge in [-0.2, -0.15) is 5.01 Å². The van der Waals surface area contributed by atoms with Crippen molar-refractivity contribution in [3.05, 3.63) is 71.3 Å². The van der Waals surface area contributed by atoms with Gasteiger partial charge in [-0.3, -0.25) is 19.8 Å². The Morgan fingerprint density at radius 3 is 2.48 bits per heavy atom. The molecule has 0 radical (unpaired) electrons. The Labute approximate surface area is 168 Å². The van der Waals surface area contributed by atoms with Crippen LogP contribution in [0.4, 0.5) is 4.79 Å². The zero-order valence-corrected chi connectivity index (χ0v) is 16.2. The summed E-state index contributed by atoms with van der Waals surface area (Å²) in [6, 6.07) is 15.2. The van der Waals surface area contributed by atoms with Crippen molar-refractivity contribution in [3.8, 4) is 0 Å². The Balaban J connectivity index is 1.55. The zero-order chi connectivity index (χ0) is 21.0. The van der Waals surface area contributed by atoms with Gasteiger partial charge in [0.1, 0.15) is 5.54 Å². The van der Waals surface area contributed by atoms with E-state index in [0.717, 1.165) is 5.56 Å². The second kappa shape index (κ2) is 8.14. The van der Waals surface area contributed by atoms with Crippen molar-refractivity contribution in [3.63, 3.8) is 0 Å². The second-order valence-electron chi connectivity index (χ2n) is 6.97. The van der Waals surface area contributed by atoms with Gasteiger partial charge in [-0.25, -0.2) is 4.79 Å². The van der Waals surface area contributed by atoms with Gasteiger partial charge in [0.2, 0.25) is 5.91 Å². The summed E-state index contributed by atoms with van der Waals surface area (Å²) in [5, 5.41) is 5.93. The molecule has 0 aliphatic carbocycles. The third kappa shape index (κ3) is 4.26. The van der Waals surface area contributed by atoms with Crippen molar-refractivity contribution in [2.75, 3.05) is 6.54 Å². The van der Waals surface area contributed by atoms with E-state index in [1.807, 2.05) is 13.0 Å². The highest BCUT2D eigenvalue weighted by Gasteiger charge is 2.49. The first kappa shape index (κ1) is 20.1. The van der Waals surface area contributed by atoms with E-state index in [1.165, 1.54) is 0 Å². The molecule has 3 N–H and O–H groups in total. The summed E-state index contributed by atoms with van der Waals surface area (Å²) < 4.78 is 0. The highest BCUT2D eigenvalue weighted by Crippen LogP contribution is 2.27. The zero-order valence-electron chi connectivity index (χ0n) is 16.2. The molecule has 0 bridgehead atoms. The predicted molar refractivity (Wildman–Crippen MR) is 105 cm³/mol. The molecule has 1 saturated heterocycles. The molecule has 1 unspecified atom stereocenters. The predicted octanol–water partition coefficient (Wildman–Crippen LogP) is 1.61. The topological polar surface area (TPSA) is 108 Å². The number of amides is 5. The summed E-state index contributed by atoms with van der Waals surface area (Å²) in [6.07, 6.45) is -0.0866. The molecule has 8 heteroatoms. The van der Waals surface area contributed by atoms with E-state index in [2.05, 4.69) is 16.1 Å². The molecule has 5 amide bonds. The van der Waals surface area contributed by atoms with Crippen LogP contribution >= 0.6 is 0 Å². The van der Waals surface area contributed by atoms with Gasteiger partial charge < -0.3 is 10.6 Å². The first-order chi connectivity index (χ1) is 13.8. The number of carbonyl (C=O) groups excluding carboxylic acids is 4. The van der Waals surface area contributed by atoms with Crippen LogP contribution in [0.15, 0.2) is 54.6 Å². The fourth-order valence-corrected chi connectivity index (χ4v) is 3.07. The number of benzene rings is 2. The Morgan fingerprint density at radius 2 is 1.79 bits per heavy atom. The van der Waals surface area contributed by atoms with Crippen LogP contribution in [0.5, 0.6) is 0 Å². The van der Waals surface area contributed by atoms with Gasteiger partial charge >= 0.3 is 6.03 Å². The van der Waals surface area contributed by atoms with Gasteiger partial charge in [0.15, 0.2) is 0 Å². The van der Waals surface area contributed by atoms with Crippen LogP contribution in [0.2, 0.25) is 0 Å². The number of aryl methyl sites for hydroxylation is 1. The van der Waals surface area contributed by atoms with E-state index in [9.17, 15) is 19.2 Å². The molecule has 29 heavy (non-hydrogen) atoms. The van der Waals surface area contributed by atoms with Crippen molar-refractivity contribution in [2.24, 2.45) is 0 Å². The number of carbonyl (C=O) groups is 4. The Bertz CT molecular complexity index is 960. The third-order valence-corrected chi connectivity index (χ3v) is 4.70. The van der Waals surface area contributed by atoms with Gasteiger partial charge in [-0.1, -0.05) is 48.0 Å². The smallest absolute Gasteiger partial charge is 0.344 e. The van der Waals surface area contributed by atoms with Gasteiger partial charge in [0.05, 0.1) is 0 Å². The molecular formula is C21H22N4O4. The average molecular weight is 394 g/mol. The fraction of sp³-hybridized carbons (Fsp3) is 0.238. The number of hydrazine groups is 1. The molecule has 1 aliphatic rings. The molecule has 0 spiro atoms. The molecular weight excluding hydrogens is 372 g/mol. The lowest BCUT2D eigenvalue weighted by Crippen LogP contribution is -2.48. The highest BCUT2D eigenvalue weighted by molar-refractivity contribution is 6.08. The van der Waals surface area contributed by atoms with Crippen molar-refractivity contribution in [1.29, 1.82) is 0 Å². The van der Waals surface area contributed by atoms with E-state index < -0.39 is 23.4 Å². The molecule has 8 nitrogen and oxygen atoms in total. The molecule has 0 saturated carbocycles. The summed E-state index contributed by atoms with van der Waals surface area (Å²) >= 11 is 0. The number of hydrogen-bond donors (Lipinski definition) is 3. The summed E-state index contributed by atoms with van der Waals surface area (Å²) in [7, 11) is 0. The summed E-state index contributed by atoms with van der Waals surface area (Å²) in [5.74, 6) is -1.44. The van der Waals surface area contributed by atoms with Crippen LogP contribution in [0.25, 0.3) is 0 Å². The highest BCUT2D eigenvalue weighted by atomic mass is 16.2. The standard InChI is InChI=1S/C21H22N4O4/c1-14-7-6-8-15(13-14)18(27)22-12-11-17(26)24-25-19(28)21(2,23-20(25)29)16-9-4-3-5-10-16/h3-10,13H,11-12H2,1-2H3,(H,22,27)(H,23,29)(H,24,26). The van der Waals surface area contributed by atoms with Crippen LogP contribution in [-0.2, 0) is 15.1 Å². The minimum atomic E-state index is -1.26. The number of hydrogen-bond acceptors (Lipinski definition) is 4. The SMILES string of the molecule is Cc1cccc(C(=O)NCCC(=O)NN2C(=O)NC(C)(c3ccccc3)C2=O)c1. The molecule has 3 rings (SSSR count). The first-order valence-electron chi connectivity index (χ1n) is 9.18. The lowest BCUT2D eigenvalue weighted by molar-refractivity contribution is -0.138. The quantitative estimate of drug-likeness (QED) is 0.647. The molecule has 2 aromatic carbocycles. The van der Waals surface area contributed by atoms with Gasteiger partial charge in [0, 0.05) is 18.5 Å². The van der Waals surface area contributed by atoms with Crippen molar-refractivity contribution in [1.82, 2.24) is 21.1 Å². The molecule has 1 atom stereocenters. The normalized spacial score (nSPS) is 18.3. The number of imide groups is 1.